The lowest BCUT2D eigenvalue weighted by molar-refractivity contribution is 0.961. The van der Waals surface area contributed by atoms with E-state index in [1.807, 2.05) is 11.4 Å². The monoisotopic (exact) mass is 208 g/mol. The molecule has 14 heavy (non-hydrogen) atoms. The van der Waals surface area contributed by atoms with Gasteiger partial charge in [0.25, 0.3) is 0 Å². The van der Waals surface area contributed by atoms with Gasteiger partial charge >= 0.3 is 0 Å². The number of rotatable bonds is 4. The summed E-state index contributed by atoms with van der Waals surface area (Å²) in [5.41, 5.74) is 0.971. The van der Waals surface area contributed by atoms with E-state index in [1.165, 1.54) is 0 Å². The molecule has 2 heterocycles. The molecule has 0 aliphatic heterocycles. The number of H-pyrrole nitrogens is 1. The SMILES string of the molecule is CCCNc1cc(-c2nccs2)[nH]n1. The molecule has 2 rings (SSSR count). The summed E-state index contributed by atoms with van der Waals surface area (Å²) in [6.07, 6.45) is 2.89. The molecule has 0 amide bonds. The summed E-state index contributed by atoms with van der Waals surface area (Å²) < 4.78 is 0. The first kappa shape index (κ1) is 9.21. The Morgan fingerprint density at radius 3 is 3.21 bits per heavy atom. The maximum Gasteiger partial charge on any atom is 0.148 e. The second kappa shape index (κ2) is 4.23. The van der Waals surface area contributed by atoms with Gasteiger partial charge in [0.15, 0.2) is 0 Å². The maximum atomic E-state index is 4.20. The van der Waals surface area contributed by atoms with E-state index in [0.29, 0.717) is 0 Å². The molecule has 5 heteroatoms. The van der Waals surface area contributed by atoms with Gasteiger partial charge in [-0.2, -0.15) is 5.10 Å². The van der Waals surface area contributed by atoms with Gasteiger partial charge in [0, 0.05) is 24.2 Å². The molecule has 0 bridgehead atoms. The molecular formula is C9H12N4S. The van der Waals surface area contributed by atoms with Crippen molar-refractivity contribution in [1.29, 1.82) is 0 Å². The van der Waals surface area contributed by atoms with Gasteiger partial charge < -0.3 is 5.32 Å². The molecule has 0 spiro atoms. The number of hydrogen-bond acceptors (Lipinski definition) is 4. The molecule has 4 nitrogen and oxygen atoms in total. The van der Waals surface area contributed by atoms with Crippen LogP contribution < -0.4 is 5.32 Å². The van der Waals surface area contributed by atoms with Crippen LogP contribution in [0.2, 0.25) is 0 Å². The summed E-state index contributed by atoms with van der Waals surface area (Å²) in [6, 6.07) is 1.98. The second-order valence-electron chi connectivity index (χ2n) is 2.93. The zero-order valence-electron chi connectivity index (χ0n) is 7.95. The molecule has 2 aromatic heterocycles. The van der Waals surface area contributed by atoms with Crippen molar-refractivity contribution in [3.8, 4) is 10.7 Å². The fourth-order valence-corrected chi connectivity index (χ4v) is 1.74. The molecule has 2 aromatic rings. The third-order valence-electron chi connectivity index (χ3n) is 1.80. The Bertz CT molecular complexity index is 379. The molecular weight excluding hydrogens is 196 g/mol. The summed E-state index contributed by atoms with van der Waals surface area (Å²) in [6.45, 7) is 3.07. The van der Waals surface area contributed by atoms with Gasteiger partial charge in [0.05, 0.1) is 5.69 Å². The number of aromatic nitrogens is 3. The molecule has 0 aliphatic carbocycles. The van der Waals surface area contributed by atoms with Crippen LogP contribution in [0.1, 0.15) is 13.3 Å². The van der Waals surface area contributed by atoms with Crippen molar-refractivity contribution in [2.24, 2.45) is 0 Å². The summed E-state index contributed by atoms with van der Waals surface area (Å²) in [4.78, 5) is 4.20. The largest absolute Gasteiger partial charge is 0.369 e. The first-order chi connectivity index (χ1) is 6.90. The summed E-state index contributed by atoms with van der Waals surface area (Å²) in [7, 11) is 0. The highest BCUT2D eigenvalue weighted by Gasteiger charge is 2.04. The smallest absolute Gasteiger partial charge is 0.148 e. The van der Waals surface area contributed by atoms with E-state index >= 15 is 0 Å². The lowest BCUT2D eigenvalue weighted by Gasteiger charge is -1.96. The van der Waals surface area contributed by atoms with Crippen LogP contribution in [-0.2, 0) is 0 Å². The number of nitrogens with one attached hydrogen (secondary N) is 2. The highest BCUT2D eigenvalue weighted by atomic mass is 32.1. The van der Waals surface area contributed by atoms with Crippen molar-refractivity contribution < 1.29 is 0 Å². The van der Waals surface area contributed by atoms with Crippen LogP contribution >= 0.6 is 11.3 Å². The lowest BCUT2D eigenvalue weighted by atomic mass is 10.4. The van der Waals surface area contributed by atoms with Crippen LogP contribution in [0, 0.1) is 0 Å². The van der Waals surface area contributed by atoms with Gasteiger partial charge in [0.2, 0.25) is 0 Å². The van der Waals surface area contributed by atoms with Crippen molar-refractivity contribution >= 4 is 17.2 Å². The number of thiazole rings is 1. The van der Waals surface area contributed by atoms with Crippen LogP contribution in [0.25, 0.3) is 10.7 Å². The summed E-state index contributed by atoms with van der Waals surface area (Å²) in [5, 5.41) is 13.2. The first-order valence-electron chi connectivity index (χ1n) is 4.59. The molecule has 2 N–H and O–H groups in total. The average molecular weight is 208 g/mol. The molecule has 0 saturated carbocycles. The molecule has 0 radical (unpaired) electrons. The quantitative estimate of drug-likeness (QED) is 0.811. The van der Waals surface area contributed by atoms with Crippen molar-refractivity contribution in [3.63, 3.8) is 0 Å². The Kier molecular flexibility index (Phi) is 2.78. The Morgan fingerprint density at radius 2 is 2.50 bits per heavy atom. The van der Waals surface area contributed by atoms with E-state index in [9.17, 15) is 0 Å². The van der Waals surface area contributed by atoms with E-state index in [4.69, 9.17) is 0 Å². The van der Waals surface area contributed by atoms with Crippen LogP contribution in [0.4, 0.5) is 5.82 Å². The zero-order chi connectivity index (χ0) is 9.80. The molecule has 0 aromatic carbocycles. The molecule has 0 atom stereocenters. The van der Waals surface area contributed by atoms with Crippen molar-refractivity contribution in [2.45, 2.75) is 13.3 Å². The third kappa shape index (κ3) is 1.93. The second-order valence-corrected chi connectivity index (χ2v) is 3.83. The van der Waals surface area contributed by atoms with Crippen LogP contribution in [-0.4, -0.2) is 21.7 Å². The van der Waals surface area contributed by atoms with Gasteiger partial charge in [-0.1, -0.05) is 6.92 Å². The van der Waals surface area contributed by atoms with E-state index in [0.717, 1.165) is 29.5 Å². The Hall–Kier alpha value is -1.36. The summed E-state index contributed by atoms with van der Waals surface area (Å²) >= 11 is 1.60. The Labute approximate surface area is 86.4 Å². The molecule has 0 aliphatic rings. The van der Waals surface area contributed by atoms with Crippen molar-refractivity contribution in [3.05, 3.63) is 17.6 Å². The Balaban J connectivity index is 2.10. The van der Waals surface area contributed by atoms with Gasteiger partial charge in [-0.05, 0) is 6.42 Å². The first-order valence-corrected chi connectivity index (χ1v) is 5.47. The van der Waals surface area contributed by atoms with E-state index in [1.54, 1.807) is 17.5 Å². The highest BCUT2D eigenvalue weighted by Crippen LogP contribution is 2.21. The van der Waals surface area contributed by atoms with Gasteiger partial charge in [-0.3, -0.25) is 5.10 Å². The average Bonchev–Trinajstić information content (AvgIpc) is 2.85. The van der Waals surface area contributed by atoms with Crippen molar-refractivity contribution in [2.75, 3.05) is 11.9 Å². The Morgan fingerprint density at radius 1 is 1.57 bits per heavy atom. The highest BCUT2D eigenvalue weighted by molar-refractivity contribution is 7.13. The molecule has 0 unspecified atom stereocenters. The van der Waals surface area contributed by atoms with E-state index < -0.39 is 0 Å². The van der Waals surface area contributed by atoms with Crippen LogP contribution in [0.15, 0.2) is 17.6 Å². The van der Waals surface area contributed by atoms with Crippen molar-refractivity contribution in [1.82, 2.24) is 15.2 Å². The molecule has 0 fully saturated rings. The number of nitrogens with zero attached hydrogens (tertiary/aromatic N) is 2. The topological polar surface area (TPSA) is 53.6 Å². The predicted molar refractivity (Wildman–Crippen MR) is 58.5 cm³/mol. The van der Waals surface area contributed by atoms with E-state index in [-0.39, 0.29) is 0 Å². The zero-order valence-corrected chi connectivity index (χ0v) is 8.77. The van der Waals surface area contributed by atoms with Gasteiger partial charge in [0.1, 0.15) is 10.8 Å². The number of anilines is 1. The minimum absolute atomic E-state index is 0.886. The lowest BCUT2D eigenvalue weighted by Crippen LogP contribution is -1.99. The van der Waals surface area contributed by atoms with Gasteiger partial charge in [-0.15, -0.1) is 11.3 Å². The predicted octanol–water partition coefficient (Wildman–Crippen LogP) is 2.36. The normalized spacial score (nSPS) is 10.4. The van der Waals surface area contributed by atoms with E-state index in [2.05, 4.69) is 27.4 Å². The number of hydrogen-bond donors (Lipinski definition) is 2. The number of aromatic amines is 1. The van der Waals surface area contributed by atoms with Crippen LogP contribution in [0.3, 0.4) is 0 Å². The molecule has 74 valence electrons. The fraction of sp³-hybridized carbons (Fsp3) is 0.333. The minimum Gasteiger partial charge on any atom is -0.369 e. The van der Waals surface area contributed by atoms with Crippen LogP contribution in [0.5, 0.6) is 0 Å². The fourth-order valence-electron chi connectivity index (χ4n) is 1.13. The standard InChI is InChI=1S/C9H12N4S/c1-2-3-10-8-6-7(12-13-8)9-11-4-5-14-9/h4-6H,2-3H2,1H3,(H2,10,12,13). The molecule has 0 saturated heterocycles. The summed E-state index contributed by atoms with van der Waals surface area (Å²) in [5.74, 6) is 0.886. The third-order valence-corrected chi connectivity index (χ3v) is 2.60. The maximum absolute atomic E-state index is 4.20. The van der Waals surface area contributed by atoms with Gasteiger partial charge in [-0.25, -0.2) is 4.98 Å². The minimum atomic E-state index is 0.886.